The zero-order chi connectivity index (χ0) is 18.1. The molecule has 0 aromatic carbocycles. The number of nitrogens with zero attached hydrogens (tertiary/aromatic N) is 2. The number of halogens is 3. The lowest BCUT2D eigenvalue weighted by atomic mass is 10.1. The van der Waals surface area contributed by atoms with Gasteiger partial charge in [0.05, 0.1) is 12.7 Å². The van der Waals surface area contributed by atoms with Gasteiger partial charge in [-0.25, -0.2) is 4.79 Å². The molecule has 0 saturated heterocycles. The molecule has 24 heavy (non-hydrogen) atoms. The second-order valence-electron chi connectivity index (χ2n) is 4.92. The van der Waals surface area contributed by atoms with E-state index in [-0.39, 0.29) is 5.56 Å². The number of carbonyl (C=O) groups is 2. The smallest absolute Gasteiger partial charge is 0.435 e. The van der Waals surface area contributed by atoms with Crippen molar-refractivity contribution in [2.24, 2.45) is 0 Å². The summed E-state index contributed by atoms with van der Waals surface area (Å²) in [5.41, 5.74) is -0.154. The zero-order valence-electron chi connectivity index (χ0n) is 13.0. The van der Waals surface area contributed by atoms with Crippen LogP contribution in [0.25, 0.3) is 0 Å². The fourth-order valence-corrected chi connectivity index (χ4v) is 3.04. The zero-order valence-corrected chi connectivity index (χ0v) is 13.8. The Labute approximate surface area is 139 Å². The first-order valence-corrected chi connectivity index (χ1v) is 7.54. The first-order valence-electron chi connectivity index (χ1n) is 6.72. The number of thiophene rings is 1. The first-order chi connectivity index (χ1) is 11.1. The number of aryl methyl sites for hydroxylation is 1. The Morgan fingerprint density at radius 3 is 2.58 bits per heavy atom. The highest BCUT2D eigenvalue weighted by molar-refractivity contribution is 7.16. The third kappa shape index (κ3) is 3.75. The average Bonchev–Trinajstić information content (AvgIpc) is 3.04. The SMILES string of the molecule is COC(=O)c1c(NC(=O)Cn2ccc(C(F)(F)F)n2)sc(C)c1C. The topological polar surface area (TPSA) is 73.2 Å². The Morgan fingerprint density at radius 1 is 1.38 bits per heavy atom. The van der Waals surface area contributed by atoms with E-state index in [1.54, 1.807) is 13.8 Å². The van der Waals surface area contributed by atoms with Crippen molar-refractivity contribution in [2.45, 2.75) is 26.6 Å². The number of amides is 1. The third-order valence-electron chi connectivity index (χ3n) is 3.26. The van der Waals surface area contributed by atoms with Gasteiger partial charge >= 0.3 is 12.1 Å². The normalized spacial score (nSPS) is 11.4. The Hall–Kier alpha value is -2.36. The lowest BCUT2D eigenvalue weighted by Crippen LogP contribution is -2.20. The van der Waals surface area contributed by atoms with Gasteiger partial charge in [-0.05, 0) is 25.5 Å². The van der Waals surface area contributed by atoms with Crippen molar-refractivity contribution in [3.63, 3.8) is 0 Å². The Bertz CT molecular complexity index is 780. The van der Waals surface area contributed by atoms with E-state index in [1.165, 1.54) is 18.4 Å². The Morgan fingerprint density at radius 2 is 2.04 bits per heavy atom. The van der Waals surface area contributed by atoms with Gasteiger partial charge in [0.15, 0.2) is 5.69 Å². The molecule has 0 radical (unpaired) electrons. The summed E-state index contributed by atoms with van der Waals surface area (Å²) in [6, 6.07) is 0.784. The van der Waals surface area contributed by atoms with Crippen LogP contribution in [-0.2, 0) is 22.3 Å². The van der Waals surface area contributed by atoms with Crippen LogP contribution in [-0.4, -0.2) is 28.8 Å². The molecule has 10 heteroatoms. The van der Waals surface area contributed by atoms with Crippen LogP contribution in [0.2, 0.25) is 0 Å². The lowest BCUT2D eigenvalue weighted by Gasteiger charge is -2.06. The summed E-state index contributed by atoms with van der Waals surface area (Å²) in [6.07, 6.45) is -3.50. The van der Waals surface area contributed by atoms with Gasteiger partial charge in [-0.1, -0.05) is 0 Å². The van der Waals surface area contributed by atoms with E-state index in [9.17, 15) is 22.8 Å². The van der Waals surface area contributed by atoms with E-state index in [0.717, 1.165) is 21.8 Å². The van der Waals surface area contributed by atoms with Gasteiger partial charge in [-0.15, -0.1) is 11.3 Å². The van der Waals surface area contributed by atoms with Crippen molar-refractivity contribution in [3.8, 4) is 0 Å². The number of ether oxygens (including phenoxy) is 1. The molecule has 0 bridgehead atoms. The minimum Gasteiger partial charge on any atom is -0.465 e. The molecule has 0 atom stereocenters. The van der Waals surface area contributed by atoms with E-state index < -0.39 is 30.3 Å². The van der Waals surface area contributed by atoms with Gasteiger partial charge < -0.3 is 10.1 Å². The molecule has 0 aliphatic carbocycles. The number of anilines is 1. The van der Waals surface area contributed by atoms with Crippen LogP contribution in [0.3, 0.4) is 0 Å². The minimum atomic E-state index is -4.57. The van der Waals surface area contributed by atoms with Crippen LogP contribution >= 0.6 is 11.3 Å². The van der Waals surface area contributed by atoms with Crippen LogP contribution < -0.4 is 5.32 Å². The van der Waals surface area contributed by atoms with Crippen LogP contribution in [0.4, 0.5) is 18.2 Å². The van der Waals surface area contributed by atoms with E-state index >= 15 is 0 Å². The number of aromatic nitrogens is 2. The molecule has 1 N–H and O–H groups in total. The molecule has 0 saturated carbocycles. The number of esters is 1. The summed E-state index contributed by atoms with van der Waals surface area (Å²) in [7, 11) is 1.22. The summed E-state index contributed by atoms with van der Waals surface area (Å²) in [6.45, 7) is 3.09. The fourth-order valence-electron chi connectivity index (χ4n) is 1.98. The molecule has 2 aromatic heterocycles. The lowest BCUT2D eigenvalue weighted by molar-refractivity contribution is -0.141. The number of nitrogens with one attached hydrogen (secondary N) is 1. The van der Waals surface area contributed by atoms with Gasteiger partial charge in [0.2, 0.25) is 5.91 Å². The van der Waals surface area contributed by atoms with Crippen molar-refractivity contribution < 1.29 is 27.5 Å². The molecule has 130 valence electrons. The molecule has 0 spiro atoms. The molecular weight excluding hydrogens is 347 g/mol. The minimum absolute atomic E-state index is 0.241. The van der Waals surface area contributed by atoms with Gasteiger partial charge in [-0.3, -0.25) is 9.48 Å². The third-order valence-corrected chi connectivity index (χ3v) is 4.39. The highest BCUT2D eigenvalue weighted by Gasteiger charge is 2.33. The molecule has 2 heterocycles. The Kier molecular flexibility index (Phi) is 4.97. The van der Waals surface area contributed by atoms with Crippen molar-refractivity contribution in [3.05, 3.63) is 34.0 Å². The summed E-state index contributed by atoms with van der Waals surface area (Å²) >= 11 is 1.19. The van der Waals surface area contributed by atoms with Crippen molar-refractivity contribution in [1.29, 1.82) is 0 Å². The van der Waals surface area contributed by atoms with Crippen LogP contribution in [0.15, 0.2) is 12.3 Å². The van der Waals surface area contributed by atoms with Crippen molar-refractivity contribution in [2.75, 3.05) is 12.4 Å². The van der Waals surface area contributed by atoms with Gasteiger partial charge in [0.25, 0.3) is 0 Å². The predicted molar refractivity (Wildman–Crippen MR) is 81.0 cm³/mol. The van der Waals surface area contributed by atoms with Gasteiger partial charge in [0.1, 0.15) is 11.5 Å². The van der Waals surface area contributed by atoms with Gasteiger partial charge in [-0.2, -0.15) is 18.3 Å². The van der Waals surface area contributed by atoms with E-state index in [0.29, 0.717) is 10.6 Å². The molecule has 0 aliphatic heterocycles. The quantitative estimate of drug-likeness (QED) is 0.850. The molecule has 6 nitrogen and oxygen atoms in total. The molecule has 2 rings (SSSR count). The van der Waals surface area contributed by atoms with E-state index in [2.05, 4.69) is 15.2 Å². The first kappa shape index (κ1) is 18.0. The van der Waals surface area contributed by atoms with Crippen LogP contribution in [0.1, 0.15) is 26.5 Å². The Balaban J connectivity index is 2.15. The second kappa shape index (κ2) is 6.63. The molecule has 1 amide bonds. The standard InChI is InChI=1S/C14H14F3N3O3S/c1-7-8(2)24-12(11(7)13(22)23-3)18-10(21)6-20-5-4-9(19-20)14(15,16)17/h4-5H,6H2,1-3H3,(H,18,21). The highest BCUT2D eigenvalue weighted by Crippen LogP contribution is 2.33. The maximum Gasteiger partial charge on any atom is 0.435 e. The number of carbonyl (C=O) groups excluding carboxylic acids is 2. The average molecular weight is 361 g/mol. The van der Waals surface area contributed by atoms with Crippen LogP contribution in [0.5, 0.6) is 0 Å². The number of methoxy groups -OCH3 is 1. The fraction of sp³-hybridized carbons (Fsp3) is 0.357. The highest BCUT2D eigenvalue weighted by atomic mass is 32.1. The maximum atomic E-state index is 12.5. The molecule has 0 unspecified atom stereocenters. The predicted octanol–water partition coefficient (Wildman–Crippen LogP) is 3.01. The number of hydrogen-bond donors (Lipinski definition) is 1. The molecule has 0 aliphatic rings. The van der Waals surface area contributed by atoms with Crippen LogP contribution in [0, 0.1) is 13.8 Å². The van der Waals surface area contributed by atoms with E-state index in [4.69, 9.17) is 0 Å². The molecule has 0 fully saturated rings. The van der Waals surface area contributed by atoms with Gasteiger partial charge in [0, 0.05) is 11.1 Å². The number of hydrogen-bond acceptors (Lipinski definition) is 5. The largest absolute Gasteiger partial charge is 0.465 e. The monoisotopic (exact) mass is 361 g/mol. The molecule has 2 aromatic rings. The van der Waals surface area contributed by atoms with Crippen molar-refractivity contribution >= 4 is 28.2 Å². The summed E-state index contributed by atoms with van der Waals surface area (Å²) < 4.78 is 43.0. The summed E-state index contributed by atoms with van der Waals surface area (Å²) in [5, 5.41) is 6.12. The van der Waals surface area contributed by atoms with Crippen molar-refractivity contribution in [1.82, 2.24) is 9.78 Å². The number of alkyl halides is 3. The summed E-state index contributed by atoms with van der Waals surface area (Å²) in [5.74, 6) is -1.19. The maximum absolute atomic E-state index is 12.5. The second-order valence-corrected chi connectivity index (χ2v) is 6.15. The number of rotatable bonds is 4. The summed E-state index contributed by atoms with van der Waals surface area (Å²) in [4.78, 5) is 24.7. The molecular formula is C14H14F3N3O3S. The van der Waals surface area contributed by atoms with E-state index in [1.807, 2.05) is 0 Å².